The maximum Gasteiger partial charge on any atom is 0.133 e. The molecule has 0 aliphatic heterocycles. The number of unbranched alkanes of at least 4 members (excludes halogenated alkanes) is 1. The molecule has 0 aromatic carbocycles. The number of carbonyl (C=O) groups excluding carboxylic acids is 2. The minimum absolute atomic E-state index is 0.383. The van der Waals surface area contributed by atoms with Crippen LogP contribution in [0.2, 0.25) is 0 Å². The fourth-order valence-corrected chi connectivity index (χ4v) is 3.98. The fraction of sp³-hybridized carbons (Fsp3) is 0.800. The zero-order chi connectivity index (χ0) is 18.1. The van der Waals surface area contributed by atoms with Crippen LogP contribution in [0.1, 0.15) is 65.2 Å². The molecule has 2 fully saturated rings. The lowest BCUT2D eigenvalue weighted by Gasteiger charge is -2.04. The van der Waals surface area contributed by atoms with Gasteiger partial charge in [-0.3, -0.25) is 9.59 Å². The molecule has 0 heterocycles. The molecular weight excluding hydrogens is 432 g/mol. The molecule has 2 aliphatic carbocycles. The van der Waals surface area contributed by atoms with Gasteiger partial charge in [-0.15, -0.1) is 6.58 Å². The molecule has 0 spiro atoms. The van der Waals surface area contributed by atoms with Crippen molar-refractivity contribution in [1.82, 2.24) is 0 Å². The Balaban J connectivity index is 0.000000243. The van der Waals surface area contributed by atoms with Gasteiger partial charge in [-0.25, -0.2) is 0 Å². The summed E-state index contributed by atoms with van der Waals surface area (Å²) in [5.41, 5.74) is 0. The molecular formula is C20H32Br2O2. The Morgan fingerprint density at radius 1 is 1.08 bits per heavy atom. The maximum absolute atomic E-state index is 11.0. The third-order valence-electron chi connectivity index (χ3n) is 5.13. The van der Waals surface area contributed by atoms with E-state index in [1.165, 1.54) is 32.1 Å². The summed E-state index contributed by atoms with van der Waals surface area (Å²) in [5, 5.41) is 1.02. The Bertz CT molecular complexity index is 422. The Morgan fingerprint density at radius 2 is 1.58 bits per heavy atom. The molecule has 2 saturated carbocycles. The van der Waals surface area contributed by atoms with Crippen LogP contribution >= 0.6 is 31.9 Å². The van der Waals surface area contributed by atoms with E-state index in [0.29, 0.717) is 40.1 Å². The predicted molar refractivity (Wildman–Crippen MR) is 109 cm³/mol. The molecule has 4 heteroatoms. The molecule has 0 radical (unpaired) electrons. The van der Waals surface area contributed by atoms with Crippen molar-refractivity contribution >= 4 is 43.4 Å². The van der Waals surface area contributed by atoms with Crippen molar-refractivity contribution in [2.45, 2.75) is 70.0 Å². The van der Waals surface area contributed by atoms with E-state index < -0.39 is 0 Å². The minimum atomic E-state index is 0.383. The lowest BCUT2D eigenvalue weighted by Crippen LogP contribution is -2.00. The van der Waals surface area contributed by atoms with Gasteiger partial charge < -0.3 is 0 Å². The summed E-state index contributed by atoms with van der Waals surface area (Å²) in [4.78, 5) is 22.4. The largest absolute Gasteiger partial charge is 0.300 e. The molecule has 24 heavy (non-hydrogen) atoms. The second kappa shape index (κ2) is 11.6. The number of carbonyl (C=O) groups is 2. The Morgan fingerprint density at radius 3 is 1.96 bits per heavy atom. The van der Waals surface area contributed by atoms with Crippen molar-refractivity contribution in [3.05, 3.63) is 12.7 Å². The molecule has 0 saturated heterocycles. The lowest BCUT2D eigenvalue weighted by molar-refractivity contribution is -0.119. The third-order valence-corrected chi connectivity index (χ3v) is 7.56. The SMILES string of the molecule is C=CCCC[C@@H]1C[C@H]1C(C)=O.CC(=O)[C@@H]1C[C@H]1CCCC(Br)CBr. The minimum Gasteiger partial charge on any atom is -0.300 e. The van der Waals surface area contributed by atoms with Crippen molar-refractivity contribution < 1.29 is 9.59 Å². The average Bonchev–Trinajstić information content (AvgIpc) is 3.42. The lowest BCUT2D eigenvalue weighted by atomic mass is 10.1. The van der Waals surface area contributed by atoms with Crippen LogP contribution in [-0.2, 0) is 9.59 Å². The van der Waals surface area contributed by atoms with E-state index in [2.05, 4.69) is 38.4 Å². The molecule has 0 aromatic heterocycles. The summed E-state index contributed by atoms with van der Waals surface area (Å²) >= 11 is 7.01. The molecule has 0 aromatic rings. The molecule has 2 aliphatic rings. The van der Waals surface area contributed by atoms with E-state index in [1.807, 2.05) is 6.08 Å². The first kappa shape index (κ1) is 22.1. The van der Waals surface area contributed by atoms with E-state index in [0.717, 1.165) is 24.6 Å². The van der Waals surface area contributed by atoms with Crippen LogP contribution in [0.25, 0.3) is 0 Å². The van der Waals surface area contributed by atoms with Crippen molar-refractivity contribution in [2.75, 3.05) is 5.33 Å². The first-order chi connectivity index (χ1) is 11.4. The van der Waals surface area contributed by atoms with Gasteiger partial charge in [0.25, 0.3) is 0 Å². The summed E-state index contributed by atoms with van der Waals surface area (Å²) < 4.78 is 0. The summed E-state index contributed by atoms with van der Waals surface area (Å²) in [6, 6.07) is 0. The number of Topliss-reactive ketones (excluding diaryl/α,β-unsaturated/α-hetero) is 2. The quantitative estimate of drug-likeness (QED) is 0.210. The van der Waals surface area contributed by atoms with Gasteiger partial charge in [-0.2, -0.15) is 0 Å². The highest BCUT2D eigenvalue weighted by Gasteiger charge is 2.40. The number of hydrogen-bond acceptors (Lipinski definition) is 2. The molecule has 0 bridgehead atoms. The van der Waals surface area contributed by atoms with Gasteiger partial charge in [0, 0.05) is 22.0 Å². The summed E-state index contributed by atoms with van der Waals surface area (Å²) in [7, 11) is 0. The van der Waals surface area contributed by atoms with Crippen molar-refractivity contribution in [3.8, 4) is 0 Å². The van der Waals surface area contributed by atoms with E-state index in [4.69, 9.17) is 0 Å². The molecule has 5 atom stereocenters. The summed E-state index contributed by atoms with van der Waals surface area (Å²) in [5.74, 6) is 3.03. The predicted octanol–water partition coefficient (Wildman–Crippen LogP) is 6.11. The molecule has 2 rings (SSSR count). The van der Waals surface area contributed by atoms with Gasteiger partial charge in [0.1, 0.15) is 11.6 Å². The van der Waals surface area contributed by atoms with Crippen LogP contribution in [0.5, 0.6) is 0 Å². The van der Waals surface area contributed by atoms with Gasteiger partial charge in [0.05, 0.1) is 0 Å². The molecule has 138 valence electrons. The van der Waals surface area contributed by atoms with Gasteiger partial charge in [0.15, 0.2) is 0 Å². The smallest absolute Gasteiger partial charge is 0.133 e. The maximum atomic E-state index is 11.0. The van der Waals surface area contributed by atoms with Gasteiger partial charge >= 0.3 is 0 Å². The average molecular weight is 464 g/mol. The van der Waals surface area contributed by atoms with Crippen molar-refractivity contribution in [3.63, 3.8) is 0 Å². The highest BCUT2D eigenvalue weighted by molar-refractivity contribution is 9.12. The number of allylic oxidation sites excluding steroid dienone is 1. The highest BCUT2D eigenvalue weighted by Crippen LogP contribution is 2.43. The van der Waals surface area contributed by atoms with Crippen LogP contribution < -0.4 is 0 Å². The van der Waals surface area contributed by atoms with Crippen LogP contribution in [0.4, 0.5) is 0 Å². The first-order valence-electron chi connectivity index (χ1n) is 9.22. The van der Waals surface area contributed by atoms with E-state index in [9.17, 15) is 9.59 Å². The van der Waals surface area contributed by atoms with Crippen LogP contribution in [0, 0.1) is 23.7 Å². The van der Waals surface area contributed by atoms with E-state index in [1.54, 1.807) is 13.8 Å². The van der Waals surface area contributed by atoms with Gasteiger partial charge in [-0.1, -0.05) is 44.4 Å². The number of halogens is 2. The first-order valence-corrected chi connectivity index (χ1v) is 11.3. The fourth-order valence-electron chi connectivity index (χ4n) is 3.33. The Kier molecular flexibility index (Phi) is 10.7. The Hall–Kier alpha value is 0.0400. The monoisotopic (exact) mass is 462 g/mol. The number of alkyl halides is 2. The zero-order valence-electron chi connectivity index (χ0n) is 15.1. The van der Waals surface area contributed by atoms with E-state index in [-0.39, 0.29) is 0 Å². The van der Waals surface area contributed by atoms with Crippen molar-refractivity contribution in [1.29, 1.82) is 0 Å². The van der Waals surface area contributed by atoms with Crippen molar-refractivity contribution in [2.24, 2.45) is 23.7 Å². The normalized spacial score (nSPS) is 28.3. The molecule has 0 N–H and O–H groups in total. The van der Waals surface area contributed by atoms with Gasteiger partial charge in [0.2, 0.25) is 0 Å². The standard InChI is InChI=1S/C10H16Br2O.C10H16O/c1-7(13)10-5-8(10)3-2-4-9(12)6-11;1-3-4-5-6-9-7-10(9)8(2)11/h8-10H,2-6H2,1H3;3,9-10H,1,4-7H2,2H3/t8-,9?,10+;9-,10+/m11/s1. The highest BCUT2D eigenvalue weighted by atomic mass is 79.9. The Labute approximate surface area is 164 Å². The van der Waals surface area contributed by atoms with E-state index >= 15 is 0 Å². The number of ketones is 2. The number of hydrogen-bond donors (Lipinski definition) is 0. The molecule has 0 amide bonds. The molecule has 1 unspecified atom stereocenters. The third kappa shape index (κ3) is 8.94. The summed E-state index contributed by atoms with van der Waals surface area (Å²) in [6.07, 6.45) is 11.5. The zero-order valence-corrected chi connectivity index (χ0v) is 18.3. The van der Waals surface area contributed by atoms with Crippen LogP contribution in [0.3, 0.4) is 0 Å². The second-order valence-electron chi connectivity index (χ2n) is 7.33. The summed E-state index contributed by atoms with van der Waals surface area (Å²) in [6.45, 7) is 7.09. The van der Waals surface area contributed by atoms with Gasteiger partial charge in [-0.05, 0) is 70.6 Å². The molecule has 2 nitrogen and oxygen atoms in total. The topological polar surface area (TPSA) is 34.1 Å². The van der Waals surface area contributed by atoms with Crippen LogP contribution in [-0.4, -0.2) is 21.7 Å². The van der Waals surface area contributed by atoms with Crippen LogP contribution in [0.15, 0.2) is 12.7 Å². The second-order valence-corrected chi connectivity index (χ2v) is 9.27. The number of rotatable bonds is 11.